The lowest BCUT2D eigenvalue weighted by Crippen LogP contribution is -2.41. The lowest BCUT2D eigenvalue weighted by Gasteiger charge is -2.36. The summed E-state index contributed by atoms with van der Waals surface area (Å²) < 4.78 is 44.6. The summed E-state index contributed by atoms with van der Waals surface area (Å²) in [5.41, 5.74) is 6.43. The topological polar surface area (TPSA) is 99.9 Å². The number of benzene rings is 1. The number of nitrogen functional groups attached to an aromatic ring is 1. The Bertz CT molecular complexity index is 657. The van der Waals surface area contributed by atoms with Crippen LogP contribution in [0.3, 0.4) is 0 Å². The average molecular weight is 532 g/mol. The van der Waals surface area contributed by atoms with E-state index >= 15 is 0 Å². The molecule has 0 aliphatic heterocycles. The van der Waals surface area contributed by atoms with Gasteiger partial charge in [0, 0.05) is 0 Å². The van der Waals surface area contributed by atoms with Gasteiger partial charge in [-0.1, -0.05) is 32.9 Å². The highest BCUT2D eigenvalue weighted by Crippen LogP contribution is 2.36. The van der Waals surface area contributed by atoms with Gasteiger partial charge in [0.15, 0.2) is 8.32 Å². The van der Waals surface area contributed by atoms with Crippen molar-refractivity contribution < 1.29 is 37.6 Å². The third-order valence-electron chi connectivity index (χ3n) is 5.76. The van der Waals surface area contributed by atoms with Crippen LogP contribution in [0.4, 0.5) is 5.69 Å². The zero-order chi connectivity index (χ0) is 26.5. The molecule has 2 N–H and O–H groups in total. The van der Waals surface area contributed by atoms with Gasteiger partial charge in [-0.15, -0.1) is 0 Å². The molecule has 0 radical (unpaired) electrons. The van der Waals surface area contributed by atoms with Crippen LogP contribution in [0, 0.1) is 0 Å². The normalized spacial score (nSPS) is 12.2. The van der Waals surface area contributed by atoms with E-state index in [1.807, 2.05) is 18.2 Å². The first-order valence-electron chi connectivity index (χ1n) is 12.8. The summed E-state index contributed by atoms with van der Waals surface area (Å²) in [6.45, 7) is 18.7. The van der Waals surface area contributed by atoms with Crippen LogP contribution in [0.15, 0.2) is 24.3 Å². The molecular weight excluding hydrogens is 482 g/mol. The van der Waals surface area contributed by atoms with Crippen molar-refractivity contribution in [2.75, 3.05) is 98.2 Å². The van der Waals surface area contributed by atoms with Crippen molar-refractivity contribution >= 4 is 14.0 Å². The Balaban J connectivity index is 1.73. The summed E-state index contributed by atoms with van der Waals surface area (Å²) in [7, 11) is -1.69. The van der Waals surface area contributed by atoms with Crippen LogP contribution in [0.5, 0.6) is 5.75 Å². The standard InChI is InChI=1S/C26H49NO8Si/c1-26(2,3)36(4,5)35-23-21-33-19-17-31-15-13-29-11-10-28-12-14-30-16-18-32-20-22-34-25-9-7-6-8-24(25)27/h6-9H,10-23,27H2,1-5H3. The van der Waals surface area contributed by atoms with Crippen LogP contribution in [0.25, 0.3) is 0 Å². The summed E-state index contributed by atoms with van der Waals surface area (Å²) >= 11 is 0. The van der Waals surface area contributed by atoms with Gasteiger partial charge in [0.2, 0.25) is 0 Å². The van der Waals surface area contributed by atoms with Gasteiger partial charge in [-0.2, -0.15) is 0 Å². The number of rotatable bonds is 23. The second kappa shape index (κ2) is 19.8. The van der Waals surface area contributed by atoms with Crippen LogP contribution in [0.1, 0.15) is 20.8 Å². The first-order chi connectivity index (χ1) is 17.2. The van der Waals surface area contributed by atoms with E-state index in [4.69, 9.17) is 43.3 Å². The van der Waals surface area contributed by atoms with Crippen LogP contribution >= 0.6 is 0 Å². The SMILES string of the molecule is CC(C)(C)[Si](C)(C)OCCOCCOCCOCCOCCOCCOCCOc1ccccc1N. The third kappa shape index (κ3) is 16.5. The van der Waals surface area contributed by atoms with E-state index in [2.05, 4.69) is 33.9 Å². The maximum Gasteiger partial charge on any atom is 0.192 e. The molecule has 0 aromatic heterocycles. The third-order valence-corrected chi connectivity index (χ3v) is 10.3. The second-order valence-electron chi connectivity index (χ2n) is 9.67. The molecule has 10 heteroatoms. The van der Waals surface area contributed by atoms with Gasteiger partial charge in [-0.25, -0.2) is 0 Å². The highest BCUT2D eigenvalue weighted by atomic mass is 28.4. The predicted molar refractivity (Wildman–Crippen MR) is 144 cm³/mol. The van der Waals surface area contributed by atoms with Crippen molar-refractivity contribution in [2.45, 2.75) is 38.9 Å². The van der Waals surface area contributed by atoms with E-state index in [1.54, 1.807) is 6.07 Å². The summed E-state index contributed by atoms with van der Waals surface area (Å²) in [4.78, 5) is 0. The van der Waals surface area contributed by atoms with Crippen molar-refractivity contribution in [3.63, 3.8) is 0 Å². The Morgan fingerprint density at radius 3 is 1.33 bits per heavy atom. The number of hydrogen-bond acceptors (Lipinski definition) is 9. The van der Waals surface area contributed by atoms with Gasteiger partial charge in [0.1, 0.15) is 12.4 Å². The van der Waals surface area contributed by atoms with Gasteiger partial charge < -0.3 is 43.3 Å². The Hall–Kier alpha value is -1.24. The summed E-state index contributed by atoms with van der Waals surface area (Å²) in [5, 5.41) is 0.223. The van der Waals surface area contributed by atoms with Crippen molar-refractivity contribution in [3.05, 3.63) is 24.3 Å². The van der Waals surface area contributed by atoms with Gasteiger partial charge in [-0.05, 0) is 30.3 Å². The number of para-hydroxylation sites is 2. The molecule has 0 bridgehead atoms. The molecule has 0 atom stereocenters. The number of nitrogens with two attached hydrogens (primary N) is 1. The Kier molecular flexibility index (Phi) is 18.0. The van der Waals surface area contributed by atoms with Gasteiger partial charge in [0.25, 0.3) is 0 Å². The molecule has 1 aromatic carbocycles. The maximum atomic E-state index is 6.07. The minimum Gasteiger partial charge on any atom is -0.489 e. The quantitative estimate of drug-likeness (QED) is 0.128. The van der Waals surface area contributed by atoms with Crippen molar-refractivity contribution in [2.24, 2.45) is 0 Å². The fraction of sp³-hybridized carbons (Fsp3) is 0.769. The van der Waals surface area contributed by atoms with E-state index in [9.17, 15) is 0 Å². The van der Waals surface area contributed by atoms with Crippen molar-refractivity contribution in [1.29, 1.82) is 0 Å². The zero-order valence-electron chi connectivity index (χ0n) is 23.1. The van der Waals surface area contributed by atoms with Crippen molar-refractivity contribution in [1.82, 2.24) is 0 Å². The minimum atomic E-state index is -1.69. The number of hydrogen-bond donors (Lipinski definition) is 1. The fourth-order valence-corrected chi connectivity index (χ4v) is 3.62. The second-order valence-corrected chi connectivity index (χ2v) is 14.5. The molecule has 1 aromatic rings. The van der Waals surface area contributed by atoms with Crippen LogP contribution in [0.2, 0.25) is 18.1 Å². The van der Waals surface area contributed by atoms with E-state index < -0.39 is 8.32 Å². The van der Waals surface area contributed by atoms with Crippen molar-refractivity contribution in [3.8, 4) is 5.75 Å². The monoisotopic (exact) mass is 531 g/mol. The lowest BCUT2D eigenvalue weighted by atomic mass is 10.2. The van der Waals surface area contributed by atoms with E-state index in [1.165, 1.54) is 0 Å². The molecule has 1 rings (SSSR count). The van der Waals surface area contributed by atoms with E-state index in [-0.39, 0.29) is 5.04 Å². The molecule has 0 saturated carbocycles. The van der Waals surface area contributed by atoms with Crippen LogP contribution in [-0.4, -0.2) is 101 Å². The predicted octanol–water partition coefficient (Wildman–Crippen LogP) is 3.77. The molecule has 210 valence electrons. The first-order valence-corrected chi connectivity index (χ1v) is 15.7. The molecule has 0 amide bonds. The average Bonchev–Trinajstić information content (AvgIpc) is 2.82. The van der Waals surface area contributed by atoms with Gasteiger partial charge in [0.05, 0.1) is 91.6 Å². The molecule has 9 nitrogen and oxygen atoms in total. The highest BCUT2D eigenvalue weighted by molar-refractivity contribution is 6.74. The summed E-state index contributed by atoms with van der Waals surface area (Å²) in [5.74, 6) is 0.676. The molecular formula is C26H49NO8Si. The molecule has 36 heavy (non-hydrogen) atoms. The smallest absolute Gasteiger partial charge is 0.192 e. The van der Waals surface area contributed by atoms with Gasteiger partial charge in [-0.3, -0.25) is 0 Å². The molecule has 0 aliphatic carbocycles. The molecule has 0 aliphatic rings. The first kappa shape index (κ1) is 32.8. The highest BCUT2D eigenvalue weighted by Gasteiger charge is 2.36. The maximum absolute atomic E-state index is 6.07. The molecule has 0 heterocycles. The van der Waals surface area contributed by atoms with E-state index in [0.29, 0.717) is 104 Å². The number of ether oxygens (including phenoxy) is 7. The van der Waals surface area contributed by atoms with Crippen LogP contribution in [-0.2, 0) is 32.8 Å². The largest absolute Gasteiger partial charge is 0.489 e. The molecule has 0 saturated heterocycles. The minimum absolute atomic E-state index is 0.223. The number of anilines is 1. The summed E-state index contributed by atoms with van der Waals surface area (Å²) in [6.07, 6.45) is 0. The lowest BCUT2D eigenvalue weighted by molar-refractivity contribution is -0.0189. The van der Waals surface area contributed by atoms with E-state index in [0.717, 1.165) is 0 Å². The Morgan fingerprint density at radius 1 is 0.583 bits per heavy atom. The van der Waals surface area contributed by atoms with Crippen LogP contribution < -0.4 is 10.5 Å². The molecule has 0 unspecified atom stereocenters. The molecule has 0 spiro atoms. The molecule has 0 fully saturated rings. The summed E-state index contributed by atoms with van der Waals surface area (Å²) in [6, 6.07) is 7.40. The zero-order valence-corrected chi connectivity index (χ0v) is 24.1. The Labute approximate surface area is 218 Å². The Morgan fingerprint density at radius 2 is 0.944 bits per heavy atom. The fourth-order valence-electron chi connectivity index (χ4n) is 2.60. The van der Waals surface area contributed by atoms with Gasteiger partial charge >= 0.3 is 0 Å².